The van der Waals surface area contributed by atoms with Crippen LogP contribution in [0.2, 0.25) is 0 Å². The first-order chi connectivity index (χ1) is 8.95. The van der Waals surface area contributed by atoms with Gasteiger partial charge in [0.25, 0.3) is 10.0 Å². The fourth-order valence-electron chi connectivity index (χ4n) is 1.60. The van der Waals surface area contributed by atoms with Crippen LogP contribution in [-0.4, -0.2) is 20.6 Å². The maximum atomic E-state index is 12.3. The van der Waals surface area contributed by atoms with E-state index in [0.717, 1.165) is 0 Å². The molecule has 0 aliphatic carbocycles. The summed E-state index contributed by atoms with van der Waals surface area (Å²) in [5.41, 5.74) is 1.84. The lowest BCUT2D eigenvalue weighted by molar-refractivity contribution is 0.430. The van der Waals surface area contributed by atoms with Gasteiger partial charge in [0.1, 0.15) is 4.90 Å². The fraction of sp³-hybridized carbons (Fsp3) is 0.250. The predicted octanol–water partition coefficient (Wildman–Crippen LogP) is 2.13. The van der Waals surface area contributed by atoms with Crippen LogP contribution in [0.1, 0.15) is 11.3 Å². The summed E-state index contributed by atoms with van der Waals surface area (Å²) in [5.74, 6) is 0.142. The Bertz CT molecular complexity index is 692. The summed E-state index contributed by atoms with van der Waals surface area (Å²) in [6.07, 6.45) is 0. The fourth-order valence-corrected chi connectivity index (χ4v) is 2.86. The van der Waals surface area contributed by atoms with Gasteiger partial charge >= 0.3 is 0 Å². The molecule has 1 heterocycles. The molecule has 0 spiro atoms. The summed E-state index contributed by atoms with van der Waals surface area (Å²) < 4.78 is 32.0. The van der Waals surface area contributed by atoms with Gasteiger partial charge in [0, 0.05) is 12.6 Å². The topological polar surface area (TPSA) is 84.2 Å². The van der Waals surface area contributed by atoms with E-state index in [9.17, 15) is 8.42 Å². The highest BCUT2D eigenvalue weighted by atomic mass is 32.2. The normalized spacial score (nSPS) is 11.3. The first kappa shape index (κ1) is 13.4. The zero-order valence-corrected chi connectivity index (χ0v) is 11.7. The second kappa shape index (κ2) is 4.93. The number of aryl methyl sites for hydroxylation is 1. The third-order valence-electron chi connectivity index (χ3n) is 2.83. The first-order valence-electron chi connectivity index (χ1n) is 5.68. The standard InChI is InChI=1S/C12H15N3O3S/c1-8-9(2)14-18-12(8)15-19(16,17)11-7-5-4-6-10(11)13-3/h4-7,13,15H,1-3H3. The summed E-state index contributed by atoms with van der Waals surface area (Å²) in [5, 5.41) is 6.56. The Kier molecular flexibility index (Phi) is 3.48. The number of sulfonamides is 1. The third-order valence-corrected chi connectivity index (χ3v) is 4.22. The lowest BCUT2D eigenvalue weighted by Gasteiger charge is -2.10. The largest absolute Gasteiger partial charge is 0.387 e. The SMILES string of the molecule is CNc1ccccc1S(=O)(=O)Nc1onc(C)c1C. The van der Waals surface area contributed by atoms with E-state index in [2.05, 4.69) is 15.2 Å². The number of anilines is 2. The Balaban J connectivity index is 2.41. The van der Waals surface area contributed by atoms with E-state index in [1.165, 1.54) is 6.07 Å². The number of hydrogen-bond acceptors (Lipinski definition) is 5. The Labute approximate surface area is 111 Å². The second-order valence-electron chi connectivity index (χ2n) is 4.07. The molecule has 6 nitrogen and oxygen atoms in total. The van der Waals surface area contributed by atoms with Gasteiger partial charge in [0.2, 0.25) is 5.88 Å². The Morgan fingerprint density at radius 3 is 2.47 bits per heavy atom. The highest BCUT2D eigenvalue weighted by Crippen LogP contribution is 2.25. The van der Waals surface area contributed by atoms with E-state index >= 15 is 0 Å². The Morgan fingerprint density at radius 1 is 1.21 bits per heavy atom. The van der Waals surface area contributed by atoms with Crippen molar-refractivity contribution in [1.82, 2.24) is 5.16 Å². The van der Waals surface area contributed by atoms with Crippen molar-refractivity contribution in [2.45, 2.75) is 18.7 Å². The lowest BCUT2D eigenvalue weighted by atomic mass is 10.3. The maximum Gasteiger partial charge on any atom is 0.266 e. The van der Waals surface area contributed by atoms with Gasteiger partial charge in [-0.05, 0) is 26.0 Å². The van der Waals surface area contributed by atoms with Crippen molar-refractivity contribution < 1.29 is 12.9 Å². The number of nitrogens with one attached hydrogen (secondary N) is 2. The summed E-state index contributed by atoms with van der Waals surface area (Å²) in [6.45, 7) is 3.49. The summed E-state index contributed by atoms with van der Waals surface area (Å²) in [6, 6.07) is 6.63. The van der Waals surface area contributed by atoms with Crippen molar-refractivity contribution in [3.63, 3.8) is 0 Å². The van der Waals surface area contributed by atoms with Crippen LogP contribution in [0.3, 0.4) is 0 Å². The van der Waals surface area contributed by atoms with E-state index in [1.807, 2.05) is 0 Å². The summed E-state index contributed by atoms with van der Waals surface area (Å²) in [4.78, 5) is 0.158. The van der Waals surface area contributed by atoms with Crippen LogP contribution in [0.5, 0.6) is 0 Å². The monoisotopic (exact) mass is 281 g/mol. The molecule has 1 aromatic carbocycles. The highest BCUT2D eigenvalue weighted by molar-refractivity contribution is 7.92. The molecule has 0 atom stereocenters. The van der Waals surface area contributed by atoms with E-state index in [1.54, 1.807) is 39.1 Å². The Morgan fingerprint density at radius 2 is 1.89 bits per heavy atom. The van der Waals surface area contributed by atoms with Gasteiger partial charge in [0.15, 0.2) is 0 Å². The van der Waals surface area contributed by atoms with Crippen molar-refractivity contribution in [3.8, 4) is 0 Å². The van der Waals surface area contributed by atoms with Crippen LogP contribution >= 0.6 is 0 Å². The molecule has 0 saturated heterocycles. The van der Waals surface area contributed by atoms with Gasteiger partial charge in [0.05, 0.1) is 11.4 Å². The van der Waals surface area contributed by atoms with Crippen LogP contribution in [-0.2, 0) is 10.0 Å². The van der Waals surface area contributed by atoms with Gasteiger partial charge in [-0.25, -0.2) is 13.1 Å². The van der Waals surface area contributed by atoms with Crippen molar-refractivity contribution in [3.05, 3.63) is 35.5 Å². The van der Waals surface area contributed by atoms with E-state index in [4.69, 9.17) is 4.52 Å². The van der Waals surface area contributed by atoms with Gasteiger partial charge in [-0.15, -0.1) is 0 Å². The molecule has 1 aromatic heterocycles. The molecule has 2 N–H and O–H groups in total. The Hall–Kier alpha value is -2.02. The molecule has 0 bridgehead atoms. The molecule has 0 saturated carbocycles. The molecule has 7 heteroatoms. The lowest BCUT2D eigenvalue weighted by Crippen LogP contribution is -2.14. The molecule has 0 fully saturated rings. The molecular weight excluding hydrogens is 266 g/mol. The average molecular weight is 281 g/mol. The number of rotatable bonds is 4. The van der Waals surface area contributed by atoms with Crippen molar-refractivity contribution in [1.29, 1.82) is 0 Å². The molecule has 2 rings (SSSR count). The molecule has 0 amide bonds. The van der Waals surface area contributed by atoms with Crippen molar-refractivity contribution in [2.75, 3.05) is 17.1 Å². The highest BCUT2D eigenvalue weighted by Gasteiger charge is 2.21. The third kappa shape index (κ3) is 2.55. The average Bonchev–Trinajstić information content (AvgIpc) is 2.70. The minimum atomic E-state index is -3.71. The quantitative estimate of drug-likeness (QED) is 0.897. The first-order valence-corrected chi connectivity index (χ1v) is 7.16. The summed E-state index contributed by atoms with van der Waals surface area (Å²) >= 11 is 0. The number of benzene rings is 1. The zero-order valence-electron chi connectivity index (χ0n) is 10.9. The van der Waals surface area contributed by atoms with E-state index in [0.29, 0.717) is 16.9 Å². The zero-order chi connectivity index (χ0) is 14.0. The molecule has 0 aliphatic rings. The minimum absolute atomic E-state index is 0.142. The summed E-state index contributed by atoms with van der Waals surface area (Å²) in [7, 11) is -2.05. The molecule has 19 heavy (non-hydrogen) atoms. The number of para-hydroxylation sites is 1. The van der Waals surface area contributed by atoms with Crippen LogP contribution in [0, 0.1) is 13.8 Å². The molecule has 0 radical (unpaired) electrons. The van der Waals surface area contributed by atoms with Crippen molar-refractivity contribution >= 4 is 21.6 Å². The number of aromatic nitrogens is 1. The predicted molar refractivity (Wildman–Crippen MR) is 72.8 cm³/mol. The van der Waals surface area contributed by atoms with Gasteiger partial charge in [-0.1, -0.05) is 17.3 Å². The van der Waals surface area contributed by atoms with E-state index < -0.39 is 10.0 Å². The maximum absolute atomic E-state index is 12.3. The number of hydrogen-bond donors (Lipinski definition) is 2. The molecule has 0 unspecified atom stereocenters. The minimum Gasteiger partial charge on any atom is -0.387 e. The van der Waals surface area contributed by atoms with Gasteiger partial charge < -0.3 is 9.84 Å². The van der Waals surface area contributed by atoms with E-state index in [-0.39, 0.29) is 10.8 Å². The molecule has 0 aliphatic heterocycles. The molecule has 2 aromatic rings. The molecule has 102 valence electrons. The smallest absolute Gasteiger partial charge is 0.266 e. The number of nitrogens with zero attached hydrogens (tertiary/aromatic N) is 1. The van der Waals surface area contributed by atoms with Crippen LogP contribution in [0.15, 0.2) is 33.7 Å². The van der Waals surface area contributed by atoms with Crippen LogP contribution < -0.4 is 10.0 Å². The van der Waals surface area contributed by atoms with Crippen LogP contribution in [0.25, 0.3) is 0 Å². The second-order valence-corrected chi connectivity index (χ2v) is 5.72. The van der Waals surface area contributed by atoms with Crippen molar-refractivity contribution in [2.24, 2.45) is 0 Å². The van der Waals surface area contributed by atoms with Gasteiger partial charge in [-0.3, -0.25) is 0 Å². The van der Waals surface area contributed by atoms with Crippen LogP contribution in [0.4, 0.5) is 11.6 Å². The van der Waals surface area contributed by atoms with Gasteiger partial charge in [-0.2, -0.15) is 0 Å². The molecular formula is C12H15N3O3S.